The van der Waals surface area contributed by atoms with Crippen LogP contribution in [0.5, 0.6) is 0 Å². The molecular formula is C15H21BrO3. The Labute approximate surface area is 122 Å². The lowest BCUT2D eigenvalue weighted by molar-refractivity contribution is -0.152. The Bertz CT molecular complexity index is 443. The number of alkyl halides is 1. The van der Waals surface area contributed by atoms with Crippen LogP contribution in [0.1, 0.15) is 40.0 Å². The summed E-state index contributed by atoms with van der Waals surface area (Å²) in [5, 5.41) is 0. The van der Waals surface area contributed by atoms with Crippen molar-refractivity contribution >= 4 is 21.9 Å². The second kappa shape index (κ2) is 4.32. The highest BCUT2D eigenvalue weighted by Crippen LogP contribution is 2.54. The van der Waals surface area contributed by atoms with Crippen LogP contribution in [-0.4, -0.2) is 29.1 Å². The van der Waals surface area contributed by atoms with Gasteiger partial charge < -0.3 is 9.47 Å². The average molecular weight is 329 g/mol. The number of allylic oxidation sites excluding steroid dienone is 1. The number of esters is 1. The molecule has 0 bridgehead atoms. The highest BCUT2D eigenvalue weighted by molar-refractivity contribution is 9.09. The SMILES string of the molecule is CC1(C)[C@H]2CC=C3C(=O)OC[C@@H]3O[C@@]2(C)CC[C@@H]1Br. The van der Waals surface area contributed by atoms with Crippen LogP contribution < -0.4 is 0 Å². The monoisotopic (exact) mass is 328 g/mol. The van der Waals surface area contributed by atoms with E-state index in [4.69, 9.17) is 9.47 Å². The molecule has 19 heavy (non-hydrogen) atoms. The standard InChI is InChI=1S/C15H21BrO3/c1-14(2)11-5-4-9-10(8-18-13(9)17)19-15(11,3)7-6-12(14)16/h4,10-12H,5-8H2,1-3H3/t10-,11+,12-,15-/m0/s1. The van der Waals surface area contributed by atoms with Gasteiger partial charge in [-0.2, -0.15) is 0 Å². The predicted molar refractivity (Wildman–Crippen MR) is 76.2 cm³/mol. The van der Waals surface area contributed by atoms with Gasteiger partial charge in [-0.25, -0.2) is 4.79 Å². The molecule has 3 nitrogen and oxygen atoms in total. The van der Waals surface area contributed by atoms with Crippen molar-refractivity contribution in [1.82, 2.24) is 0 Å². The lowest BCUT2D eigenvalue weighted by atomic mass is 9.60. The fourth-order valence-electron chi connectivity index (χ4n) is 4.00. The largest absolute Gasteiger partial charge is 0.459 e. The minimum Gasteiger partial charge on any atom is -0.459 e. The normalized spacial score (nSPS) is 44.7. The molecule has 2 aliphatic heterocycles. The Morgan fingerprint density at radius 3 is 2.84 bits per heavy atom. The smallest absolute Gasteiger partial charge is 0.336 e. The Morgan fingerprint density at radius 1 is 1.37 bits per heavy atom. The van der Waals surface area contributed by atoms with Gasteiger partial charge in [-0.05, 0) is 37.5 Å². The van der Waals surface area contributed by atoms with E-state index in [-0.39, 0.29) is 23.1 Å². The number of carbonyl (C=O) groups is 1. The van der Waals surface area contributed by atoms with E-state index in [0.717, 1.165) is 24.8 Å². The Kier molecular flexibility index (Phi) is 3.10. The van der Waals surface area contributed by atoms with Crippen LogP contribution in [0, 0.1) is 11.3 Å². The molecule has 3 rings (SSSR count). The summed E-state index contributed by atoms with van der Waals surface area (Å²) in [7, 11) is 0. The summed E-state index contributed by atoms with van der Waals surface area (Å²) >= 11 is 3.83. The molecule has 0 radical (unpaired) electrons. The zero-order valence-corrected chi connectivity index (χ0v) is 13.3. The lowest BCUT2D eigenvalue weighted by Crippen LogP contribution is -2.53. The number of hydrogen-bond acceptors (Lipinski definition) is 3. The van der Waals surface area contributed by atoms with Gasteiger partial charge >= 0.3 is 5.97 Å². The van der Waals surface area contributed by atoms with Crippen molar-refractivity contribution < 1.29 is 14.3 Å². The van der Waals surface area contributed by atoms with E-state index in [2.05, 4.69) is 42.8 Å². The maximum atomic E-state index is 11.7. The molecular weight excluding hydrogens is 308 g/mol. The number of hydrogen-bond donors (Lipinski definition) is 0. The van der Waals surface area contributed by atoms with E-state index < -0.39 is 0 Å². The molecule has 0 aromatic carbocycles. The second-order valence-corrected chi connectivity index (χ2v) is 7.90. The minimum atomic E-state index is -0.194. The van der Waals surface area contributed by atoms with Crippen molar-refractivity contribution in [2.45, 2.75) is 56.6 Å². The van der Waals surface area contributed by atoms with Crippen molar-refractivity contribution in [3.8, 4) is 0 Å². The van der Waals surface area contributed by atoms with Gasteiger partial charge in [0.1, 0.15) is 12.7 Å². The van der Waals surface area contributed by atoms with Gasteiger partial charge in [0.25, 0.3) is 0 Å². The van der Waals surface area contributed by atoms with Crippen molar-refractivity contribution in [3.63, 3.8) is 0 Å². The maximum absolute atomic E-state index is 11.7. The Balaban J connectivity index is 1.97. The fourth-order valence-corrected chi connectivity index (χ4v) is 4.54. The zero-order chi connectivity index (χ0) is 13.8. The minimum absolute atomic E-state index is 0.159. The maximum Gasteiger partial charge on any atom is 0.336 e. The summed E-state index contributed by atoms with van der Waals surface area (Å²) < 4.78 is 11.5. The van der Waals surface area contributed by atoms with Crippen molar-refractivity contribution in [1.29, 1.82) is 0 Å². The summed E-state index contributed by atoms with van der Waals surface area (Å²) in [6.45, 7) is 7.19. The van der Waals surface area contributed by atoms with Gasteiger partial charge in [-0.3, -0.25) is 0 Å². The van der Waals surface area contributed by atoms with E-state index in [1.165, 1.54) is 0 Å². The van der Waals surface area contributed by atoms with Crippen LogP contribution in [0.2, 0.25) is 0 Å². The molecule has 0 aromatic rings. The highest BCUT2D eigenvalue weighted by Gasteiger charge is 2.54. The molecule has 0 amide bonds. The van der Waals surface area contributed by atoms with Crippen molar-refractivity contribution in [2.75, 3.05) is 6.61 Å². The van der Waals surface area contributed by atoms with Crippen LogP contribution in [-0.2, 0) is 14.3 Å². The Morgan fingerprint density at radius 2 is 2.11 bits per heavy atom. The summed E-state index contributed by atoms with van der Waals surface area (Å²) in [5.41, 5.74) is 0.731. The first-order valence-corrected chi connectivity index (χ1v) is 7.95. The van der Waals surface area contributed by atoms with Gasteiger partial charge in [0.2, 0.25) is 0 Å². The molecule has 1 saturated heterocycles. The van der Waals surface area contributed by atoms with E-state index in [1.54, 1.807) is 0 Å². The van der Waals surface area contributed by atoms with Crippen LogP contribution in [0.25, 0.3) is 0 Å². The second-order valence-electron chi connectivity index (χ2n) is 6.79. The van der Waals surface area contributed by atoms with Crippen molar-refractivity contribution in [3.05, 3.63) is 11.6 Å². The first-order chi connectivity index (χ1) is 8.84. The summed E-state index contributed by atoms with van der Waals surface area (Å²) in [5.74, 6) is 0.226. The molecule has 1 saturated carbocycles. The lowest BCUT2D eigenvalue weighted by Gasteiger charge is -2.52. The van der Waals surface area contributed by atoms with E-state index in [0.29, 0.717) is 17.4 Å². The molecule has 0 unspecified atom stereocenters. The van der Waals surface area contributed by atoms with E-state index in [1.807, 2.05) is 0 Å². The summed E-state index contributed by atoms with van der Waals surface area (Å²) in [6.07, 6.45) is 4.93. The van der Waals surface area contributed by atoms with Gasteiger partial charge in [0.15, 0.2) is 0 Å². The van der Waals surface area contributed by atoms with Crippen LogP contribution in [0.4, 0.5) is 0 Å². The van der Waals surface area contributed by atoms with E-state index >= 15 is 0 Å². The van der Waals surface area contributed by atoms with E-state index in [9.17, 15) is 4.79 Å². The third kappa shape index (κ3) is 1.99. The molecule has 1 aliphatic carbocycles. The van der Waals surface area contributed by atoms with Gasteiger partial charge in [0.05, 0.1) is 11.2 Å². The number of carbonyl (C=O) groups excluding carboxylic acids is 1. The highest BCUT2D eigenvalue weighted by atomic mass is 79.9. The average Bonchev–Trinajstić information content (AvgIpc) is 2.58. The summed E-state index contributed by atoms with van der Waals surface area (Å²) in [6, 6.07) is 0. The third-order valence-corrected chi connectivity index (χ3v) is 6.91. The topological polar surface area (TPSA) is 35.5 Å². The molecule has 3 aliphatic rings. The molecule has 2 heterocycles. The van der Waals surface area contributed by atoms with Gasteiger partial charge in [-0.15, -0.1) is 0 Å². The van der Waals surface area contributed by atoms with Crippen LogP contribution in [0.15, 0.2) is 11.6 Å². The third-order valence-electron chi connectivity index (χ3n) is 5.27. The van der Waals surface area contributed by atoms with Gasteiger partial charge in [0, 0.05) is 4.83 Å². The quantitative estimate of drug-likeness (QED) is 0.506. The fraction of sp³-hybridized carbons (Fsp3) is 0.800. The molecule has 2 fully saturated rings. The first kappa shape index (κ1) is 13.6. The molecule has 4 atom stereocenters. The molecule has 4 heteroatoms. The number of cyclic esters (lactones) is 1. The number of halogens is 1. The predicted octanol–water partition coefficient (Wildman–Crippen LogP) is 3.22. The molecule has 0 spiro atoms. The van der Waals surface area contributed by atoms with Gasteiger partial charge in [-0.1, -0.05) is 35.9 Å². The molecule has 0 aromatic heterocycles. The number of fused-ring (bicyclic) bond motifs is 2. The number of rotatable bonds is 0. The summed E-state index contributed by atoms with van der Waals surface area (Å²) in [4.78, 5) is 12.2. The Hall–Kier alpha value is -0.350. The number of ether oxygens (including phenoxy) is 2. The van der Waals surface area contributed by atoms with Crippen LogP contribution >= 0.6 is 15.9 Å². The van der Waals surface area contributed by atoms with Crippen molar-refractivity contribution in [2.24, 2.45) is 11.3 Å². The zero-order valence-electron chi connectivity index (χ0n) is 11.7. The van der Waals surface area contributed by atoms with Crippen LogP contribution in [0.3, 0.4) is 0 Å². The molecule has 0 N–H and O–H groups in total. The molecule has 106 valence electrons. The first-order valence-electron chi connectivity index (χ1n) is 7.03.